The van der Waals surface area contributed by atoms with E-state index in [0.29, 0.717) is 12.8 Å². The Kier molecular flexibility index (Phi) is 7.02. The van der Waals surface area contributed by atoms with Crippen LogP contribution in [0, 0.1) is 5.92 Å². The Morgan fingerprint density at radius 2 is 1.60 bits per heavy atom. The Labute approximate surface area is 200 Å². The molecule has 1 unspecified atom stereocenters. The van der Waals surface area contributed by atoms with Crippen LogP contribution in [0.4, 0.5) is 13.6 Å². The van der Waals surface area contributed by atoms with Crippen LogP contribution in [-0.2, 0) is 19.1 Å². The molecule has 2 aliphatic carbocycles. The van der Waals surface area contributed by atoms with Crippen molar-refractivity contribution in [2.45, 2.75) is 36.8 Å². The summed E-state index contributed by atoms with van der Waals surface area (Å²) < 4.78 is 38.7. The molecule has 2 aromatic carbocycles. The highest BCUT2D eigenvalue weighted by molar-refractivity contribution is 5.87. The zero-order valence-corrected chi connectivity index (χ0v) is 19.0. The Hall–Kier alpha value is -3.53. The van der Waals surface area contributed by atoms with Crippen LogP contribution < -0.4 is 10.6 Å². The lowest BCUT2D eigenvalue weighted by molar-refractivity contribution is -0.171. The van der Waals surface area contributed by atoms with Gasteiger partial charge in [-0.1, -0.05) is 48.5 Å². The predicted octanol–water partition coefficient (Wildman–Crippen LogP) is 3.15. The Morgan fingerprint density at radius 3 is 2.11 bits per heavy atom. The maximum atomic E-state index is 14.2. The molecular formula is C25H26F2N2O6. The minimum atomic E-state index is -4.14. The summed E-state index contributed by atoms with van der Waals surface area (Å²) in [5, 5.41) is 13.3. The van der Waals surface area contributed by atoms with Crippen LogP contribution in [0.15, 0.2) is 48.5 Å². The maximum Gasteiger partial charge on any atom is 0.407 e. The van der Waals surface area contributed by atoms with E-state index >= 15 is 0 Å². The lowest BCUT2D eigenvalue weighted by atomic mass is 9.98. The van der Waals surface area contributed by atoms with Crippen LogP contribution in [0.25, 0.3) is 11.1 Å². The molecule has 1 fully saturated rings. The van der Waals surface area contributed by atoms with Crippen LogP contribution in [0.5, 0.6) is 0 Å². The van der Waals surface area contributed by atoms with Gasteiger partial charge in [0.1, 0.15) is 18.7 Å². The number of carbonyl (C=O) groups is 3. The molecule has 8 nitrogen and oxygen atoms in total. The van der Waals surface area contributed by atoms with Gasteiger partial charge in [-0.25, -0.2) is 9.59 Å². The molecule has 0 aliphatic heterocycles. The fourth-order valence-corrected chi connectivity index (χ4v) is 4.45. The van der Waals surface area contributed by atoms with E-state index in [1.54, 1.807) is 0 Å². The number of amides is 2. The number of carboxylic acid groups (broad SMARTS) is 1. The van der Waals surface area contributed by atoms with E-state index in [2.05, 4.69) is 10.6 Å². The van der Waals surface area contributed by atoms with E-state index in [0.717, 1.165) is 22.3 Å². The smallest absolute Gasteiger partial charge is 0.407 e. The predicted molar refractivity (Wildman–Crippen MR) is 121 cm³/mol. The second kappa shape index (κ2) is 9.99. The number of ether oxygens (including phenoxy) is 2. The van der Waals surface area contributed by atoms with E-state index in [1.165, 1.54) is 7.11 Å². The van der Waals surface area contributed by atoms with E-state index in [4.69, 9.17) is 14.6 Å². The summed E-state index contributed by atoms with van der Waals surface area (Å²) in [5.74, 6) is -8.28. The summed E-state index contributed by atoms with van der Waals surface area (Å²) in [5.41, 5.74) is 4.13. The van der Waals surface area contributed by atoms with Gasteiger partial charge in [0.2, 0.25) is 5.91 Å². The molecular weight excluding hydrogens is 462 g/mol. The molecule has 186 valence electrons. The van der Waals surface area contributed by atoms with Crippen molar-refractivity contribution < 1.29 is 37.7 Å². The van der Waals surface area contributed by atoms with Crippen LogP contribution in [0.1, 0.15) is 29.9 Å². The van der Waals surface area contributed by atoms with E-state index in [1.807, 2.05) is 48.5 Å². The highest BCUT2D eigenvalue weighted by Crippen LogP contribution is 2.44. The Bertz CT molecular complexity index is 1080. The third-order valence-corrected chi connectivity index (χ3v) is 6.35. The number of alkyl carbamates (subject to hydrolysis) is 1. The Morgan fingerprint density at radius 1 is 1.03 bits per heavy atom. The van der Waals surface area contributed by atoms with Crippen LogP contribution >= 0.6 is 0 Å². The van der Waals surface area contributed by atoms with Gasteiger partial charge in [-0.3, -0.25) is 4.79 Å². The highest BCUT2D eigenvalue weighted by Gasteiger charge is 2.55. The minimum absolute atomic E-state index is 0.00294. The number of carboxylic acids is 1. The standard InChI is InChI=1S/C25H26F2N2O6/c1-34-13-20(22(30)29-21(14-10-11-14)25(26,27)23(31)32)28-24(33)35-12-19-17-8-4-2-6-15(17)16-7-3-5-9-18(16)19/h2-9,14,19-21H,10-13H2,1H3,(H,28,33)(H,29,30)(H,31,32)/t20-,21?/m0/s1. The van der Waals surface area contributed by atoms with Crippen molar-refractivity contribution in [3.63, 3.8) is 0 Å². The summed E-state index contributed by atoms with van der Waals surface area (Å²) in [4.78, 5) is 36.2. The lowest BCUT2D eigenvalue weighted by Crippen LogP contribution is -2.58. The van der Waals surface area contributed by atoms with Crippen molar-refractivity contribution in [1.29, 1.82) is 0 Å². The lowest BCUT2D eigenvalue weighted by Gasteiger charge is -2.27. The molecule has 0 spiro atoms. The van der Waals surface area contributed by atoms with Gasteiger partial charge in [-0.15, -0.1) is 0 Å². The fraction of sp³-hybridized carbons (Fsp3) is 0.400. The number of benzene rings is 2. The first-order valence-corrected chi connectivity index (χ1v) is 11.3. The molecule has 2 amide bonds. The molecule has 3 N–H and O–H groups in total. The largest absolute Gasteiger partial charge is 0.477 e. The average Bonchev–Trinajstić information content (AvgIpc) is 3.63. The molecule has 35 heavy (non-hydrogen) atoms. The molecule has 0 bridgehead atoms. The molecule has 2 atom stereocenters. The van der Waals surface area contributed by atoms with Crippen molar-refractivity contribution in [2.75, 3.05) is 20.3 Å². The van der Waals surface area contributed by atoms with Gasteiger partial charge in [0.25, 0.3) is 0 Å². The summed E-state index contributed by atoms with van der Waals surface area (Å²) in [6.07, 6.45) is -0.164. The topological polar surface area (TPSA) is 114 Å². The van der Waals surface area contributed by atoms with Crippen LogP contribution in [0.2, 0.25) is 0 Å². The average molecular weight is 488 g/mol. The molecule has 0 radical (unpaired) electrons. The quantitative estimate of drug-likeness (QED) is 0.474. The highest BCUT2D eigenvalue weighted by atomic mass is 19.3. The number of hydrogen-bond donors (Lipinski definition) is 3. The number of hydrogen-bond acceptors (Lipinski definition) is 5. The molecule has 10 heteroatoms. The third kappa shape index (κ3) is 5.12. The minimum Gasteiger partial charge on any atom is -0.477 e. The number of halogens is 2. The zero-order chi connectivity index (χ0) is 25.2. The molecule has 0 heterocycles. The van der Waals surface area contributed by atoms with E-state index in [-0.39, 0.29) is 19.1 Å². The number of nitrogens with one attached hydrogen (secondary N) is 2. The van der Waals surface area contributed by atoms with Crippen molar-refractivity contribution >= 4 is 18.0 Å². The SMILES string of the molecule is COC[C@H](NC(=O)OCC1c2ccccc2-c2ccccc21)C(=O)NC(C1CC1)C(F)(F)C(=O)O. The molecule has 2 aliphatic rings. The van der Waals surface area contributed by atoms with Crippen molar-refractivity contribution in [3.8, 4) is 11.1 Å². The van der Waals surface area contributed by atoms with Crippen molar-refractivity contribution in [2.24, 2.45) is 5.92 Å². The van der Waals surface area contributed by atoms with Gasteiger partial charge in [0.05, 0.1) is 6.61 Å². The normalized spacial score (nSPS) is 16.5. The van der Waals surface area contributed by atoms with Crippen molar-refractivity contribution in [3.05, 3.63) is 59.7 Å². The number of rotatable bonds is 10. The summed E-state index contributed by atoms with van der Waals surface area (Å²) in [7, 11) is 1.28. The molecule has 1 saturated carbocycles. The van der Waals surface area contributed by atoms with Crippen molar-refractivity contribution in [1.82, 2.24) is 10.6 Å². The van der Waals surface area contributed by atoms with Gasteiger partial charge in [-0.2, -0.15) is 8.78 Å². The number of fused-ring (bicyclic) bond motifs is 3. The van der Waals surface area contributed by atoms with Gasteiger partial charge >= 0.3 is 18.0 Å². The summed E-state index contributed by atoms with van der Waals surface area (Å²) in [6.45, 7) is -0.310. The summed E-state index contributed by atoms with van der Waals surface area (Å²) >= 11 is 0. The van der Waals surface area contributed by atoms with Gasteiger partial charge in [0.15, 0.2) is 0 Å². The molecule has 0 aromatic heterocycles. The molecule has 0 saturated heterocycles. The van der Waals surface area contributed by atoms with Crippen LogP contribution in [0.3, 0.4) is 0 Å². The zero-order valence-electron chi connectivity index (χ0n) is 19.0. The maximum absolute atomic E-state index is 14.2. The van der Waals surface area contributed by atoms with E-state index < -0.39 is 41.9 Å². The number of carbonyl (C=O) groups excluding carboxylic acids is 2. The second-order valence-corrected chi connectivity index (χ2v) is 8.73. The van der Waals surface area contributed by atoms with Gasteiger partial charge in [0, 0.05) is 13.0 Å². The number of alkyl halides is 2. The molecule has 2 aromatic rings. The van der Waals surface area contributed by atoms with Crippen LogP contribution in [-0.4, -0.2) is 61.4 Å². The first-order valence-electron chi connectivity index (χ1n) is 11.3. The number of methoxy groups -OCH3 is 1. The third-order valence-electron chi connectivity index (χ3n) is 6.35. The van der Waals surface area contributed by atoms with Gasteiger partial charge < -0.3 is 25.2 Å². The summed E-state index contributed by atoms with van der Waals surface area (Å²) in [6, 6.07) is 12.4. The fourth-order valence-electron chi connectivity index (χ4n) is 4.45. The second-order valence-electron chi connectivity index (χ2n) is 8.73. The first kappa shape index (κ1) is 24.6. The van der Waals surface area contributed by atoms with E-state index in [9.17, 15) is 23.2 Å². The molecule has 4 rings (SSSR count). The number of aliphatic carboxylic acids is 1. The Balaban J connectivity index is 1.40. The monoisotopic (exact) mass is 488 g/mol. The first-order chi connectivity index (χ1) is 16.7. The van der Waals surface area contributed by atoms with Gasteiger partial charge in [-0.05, 0) is 41.0 Å².